The minimum atomic E-state index is -4.49. The zero-order chi connectivity index (χ0) is 12.3. The van der Waals surface area contributed by atoms with Gasteiger partial charge in [-0.1, -0.05) is 17.7 Å². The van der Waals surface area contributed by atoms with Crippen LogP contribution in [0.15, 0.2) is 18.2 Å². The molecule has 0 aliphatic carbocycles. The summed E-state index contributed by atoms with van der Waals surface area (Å²) in [5.41, 5.74) is 5.01. The van der Waals surface area contributed by atoms with E-state index in [1.165, 1.54) is 6.07 Å². The number of benzene rings is 1. The highest BCUT2D eigenvalue weighted by Gasteiger charge is 2.33. The largest absolute Gasteiger partial charge is 0.417 e. The fourth-order valence-corrected chi connectivity index (χ4v) is 1.52. The standard InChI is InChI=1S/C10H11ClF3NO/c11-8-2-1-6(9(15)3-4-16)5-7(8)10(12,13)14/h1-2,5,9,16H,3-4,15H2/t9-/m0/s1. The van der Waals surface area contributed by atoms with Crippen molar-refractivity contribution in [2.45, 2.75) is 18.6 Å². The first-order valence-corrected chi connectivity index (χ1v) is 4.97. The third kappa shape index (κ3) is 3.10. The van der Waals surface area contributed by atoms with Crippen molar-refractivity contribution in [2.24, 2.45) is 5.73 Å². The van der Waals surface area contributed by atoms with E-state index in [0.717, 1.165) is 12.1 Å². The third-order valence-electron chi connectivity index (χ3n) is 2.16. The van der Waals surface area contributed by atoms with E-state index in [4.69, 9.17) is 22.4 Å². The minimum Gasteiger partial charge on any atom is -0.396 e. The lowest BCUT2D eigenvalue weighted by Gasteiger charge is -2.14. The highest BCUT2D eigenvalue weighted by atomic mass is 35.5. The van der Waals surface area contributed by atoms with E-state index >= 15 is 0 Å². The maximum atomic E-state index is 12.5. The Balaban J connectivity index is 3.07. The summed E-state index contributed by atoms with van der Waals surface area (Å²) < 4.78 is 37.5. The van der Waals surface area contributed by atoms with Crippen LogP contribution in [0.3, 0.4) is 0 Å². The van der Waals surface area contributed by atoms with Gasteiger partial charge in [-0.05, 0) is 24.1 Å². The number of rotatable bonds is 3. The monoisotopic (exact) mass is 253 g/mol. The molecule has 1 aromatic rings. The maximum Gasteiger partial charge on any atom is 0.417 e. The number of aliphatic hydroxyl groups is 1. The number of hydrogen-bond acceptors (Lipinski definition) is 2. The molecule has 0 unspecified atom stereocenters. The van der Waals surface area contributed by atoms with Crippen LogP contribution in [-0.2, 0) is 6.18 Å². The Labute approximate surface area is 95.8 Å². The zero-order valence-corrected chi connectivity index (χ0v) is 9.02. The van der Waals surface area contributed by atoms with E-state index in [1.54, 1.807) is 0 Å². The Morgan fingerprint density at radius 1 is 1.38 bits per heavy atom. The average Bonchev–Trinajstić information content (AvgIpc) is 2.16. The molecule has 6 heteroatoms. The van der Waals surface area contributed by atoms with Gasteiger partial charge in [0.15, 0.2) is 0 Å². The van der Waals surface area contributed by atoms with Crippen LogP contribution >= 0.6 is 11.6 Å². The summed E-state index contributed by atoms with van der Waals surface area (Å²) in [6.45, 7) is -0.175. The second kappa shape index (κ2) is 5.03. The van der Waals surface area contributed by atoms with Crippen LogP contribution in [0.25, 0.3) is 0 Å². The highest BCUT2D eigenvalue weighted by molar-refractivity contribution is 6.31. The van der Waals surface area contributed by atoms with Gasteiger partial charge in [0.25, 0.3) is 0 Å². The van der Waals surface area contributed by atoms with Crippen molar-refractivity contribution in [3.8, 4) is 0 Å². The smallest absolute Gasteiger partial charge is 0.396 e. The lowest BCUT2D eigenvalue weighted by Crippen LogP contribution is -2.14. The van der Waals surface area contributed by atoms with Gasteiger partial charge < -0.3 is 10.8 Å². The molecule has 1 rings (SSSR count). The summed E-state index contributed by atoms with van der Waals surface area (Å²) in [6.07, 6.45) is -4.29. The first-order valence-electron chi connectivity index (χ1n) is 4.59. The molecular weight excluding hydrogens is 243 g/mol. The Bertz CT molecular complexity index is 368. The van der Waals surface area contributed by atoms with Crippen molar-refractivity contribution in [1.82, 2.24) is 0 Å². The van der Waals surface area contributed by atoms with E-state index in [1.807, 2.05) is 0 Å². The van der Waals surface area contributed by atoms with E-state index in [2.05, 4.69) is 0 Å². The molecular formula is C10H11ClF3NO. The Kier molecular flexibility index (Phi) is 4.18. The van der Waals surface area contributed by atoms with Gasteiger partial charge in [0.05, 0.1) is 10.6 Å². The first-order chi connectivity index (χ1) is 7.36. The van der Waals surface area contributed by atoms with Crippen molar-refractivity contribution in [2.75, 3.05) is 6.61 Å². The maximum absolute atomic E-state index is 12.5. The summed E-state index contributed by atoms with van der Waals surface area (Å²) in [5.74, 6) is 0. The third-order valence-corrected chi connectivity index (χ3v) is 2.49. The second-order valence-electron chi connectivity index (χ2n) is 3.36. The summed E-state index contributed by atoms with van der Waals surface area (Å²) in [7, 11) is 0. The van der Waals surface area contributed by atoms with E-state index in [0.29, 0.717) is 5.56 Å². The molecule has 0 aliphatic rings. The van der Waals surface area contributed by atoms with Crippen molar-refractivity contribution >= 4 is 11.6 Å². The van der Waals surface area contributed by atoms with E-state index < -0.39 is 17.8 Å². The Hall–Kier alpha value is -0.780. The summed E-state index contributed by atoms with van der Waals surface area (Å²) in [6, 6.07) is 2.89. The normalized spacial score (nSPS) is 13.9. The van der Waals surface area contributed by atoms with Crippen molar-refractivity contribution in [3.05, 3.63) is 34.3 Å². The minimum absolute atomic E-state index is 0.175. The zero-order valence-electron chi connectivity index (χ0n) is 8.26. The van der Waals surface area contributed by atoms with Gasteiger partial charge in [-0.15, -0.1) is 0 Å². The highest BCUT2D eigenvalue weighted by Crippen LogP contribution is 2.36. The molecule has 0 aromatic heterocycles. The molecule has 0 bridgehead atoms. The lowest BCUT2D eigenvalue weighted by atomic mass is 10.0. The average molecular weight is 254 g/mol. The molecule has 0 fully saturated rings. The summed E-state index contributed by atoms with van der Waals surface area (Å²) >= 11 is 5.45. The molecule has 0 aliphatic heterocycles. The van der Waals surface area contributed by atoms with Crippen LogP contribution in [0.1, 0.15) is 23.6 Å². The molecule has 3 N–H and O–H groups in total. The molecule has 90 valence electrons. The molecule has 0 amide bonds. The number of alkyl halides is 3. The van der Waals surface area contributed by atoms with Gasteiger partial charge in [0, 0.05) is 12.6 Å². The van der Waals surface area contributed by atoms with Gasteiger partial charge in [0.2, 0.25) is 0 Å². The predicted octanol–water partition coefficient (Wildman–Crippen LogP) is 2.74. The van der Waals surface area contributed by atoms with Crippen LogP contribution in [0, 0.1) is 0 Å². The molecule has 2 nitrogen and oxygen atoms in total. The molecule has 1 atom stereocenters. The molecule has 1 aromatic carbocycles. The van der Waals surface area contributed by atoms with Crippen LogP contribution < -0.4 is 5.73 Å². The van der Waals surface area contributed by atoms with Crippen LogP contribution in [-0.4, -0.2) is 11.7 Å². The fraction of sp³-hybridized carbons (Fsp3) is 0.400. The van der Waals surface area contributed by atoms with Gasteiger partial charge in [0.1, 0.15) is 0 Å². The molecule has 0 saturated carbocycles. The lowest BCUT2D eigenvalue weighted by molar-refractivity contribution is -0.137. The predicted molar refractivity (Wildman–Crippen MR) is 55.1 cm³/mol. The van der Waals surface area contributed by atoms with Crippen molar-refractivity contribution in [3.63, 3.8) is 0 Å². The molecule has 0 heterocycles. The van der Waals surface area contributed by atoms with Gasteiger partial charge in [-0.25, -0.2) is 0 Å². The van der Waals surface area contributed by atoms with E-state index in [-0.39, 0.29) is 18.1 Å². The summed E-state index contributed by atoms with van der Waals surface area (Å²) in [5, 5.41) is 8.30. The summed E-state index contributed by atoms with van der Waals surface area (Å²) in [4.78, 5) is 0. The van der Waals surface area contributed by atoms with E-state index in [9.17, 15) is 13.2 Å². The Morgan fingerprint density at radius 2 is 2.00 bits per heavy atom. The second-order valence-corrected chi connectivity index (χ2v) is 3.76. The van der Waals surface area contributed by atoms with Crippen LogP contribution in [0.4, 0.5) is 13.2 Å². The topological polar surface area (TPSA) is 46.2 Å². The molecule has 0 radical (unpaired) electrons. The molecule has 0 spiro atoms. The molecule has 0 saturated heterocycles. The number of hydrogen-bond donors (Lipinski definition) is 2. The Morgan fingerprint density at radius 3 is 2.50 bits per heavy atom. The molecule has 16 heavy (non-hydrogen) atoms. The first kappa shape index (κ1) is 13.3. The number of aliphatic hydroxyl groups excluding tert-OH is 1. The fourth-order valence-electron chi connectivity index (χ4n) is 1.30. The van der Waals surface area contributed by atoms with Crippen molar-refractivity contribution < 1.29 is 18.3 Å². The SMILES string of the molecule is N[C@@H](CCO)c1ccc(Cl)c(C(F)(F)F)c1. The van der Waals surface area contributed by atoms with Crippen molar-refractivity contribution in [1.29, 1.82) is 0 Å². The number of nitrogens with two attached hydrogens (primary N) is 1. The van der Waals surface area contributed by atoms with Gasteiger partial charge >= 0.3 is 6.18 Å². The van der Waals surface area contributed by atoms with Gasteiger partial charge in [-0.3, -0.25) is 0 Å². The van der Waals surface area contributed by atoms with Crippen LogP contribution in [0.2, 0.25) is 5.02 Å². The van der Waals surface area contributed by atoms with Crippen LogP contribution in [0.5, 0.6) is 0 Å². The number of halogens is 4. The van der Waals surface area contributed by atoms with Gasteiger partial charge in [-0.2, -0.15) is 13.2 Å². The quantitative estimate of drug-likeness (QED) is 0.870.